The lowest BCUT2D eigenvalue weighted by molar-refractivity contribution is -0.119. The van der Waals surface area contributed by atoms with E-state index in [4.69, 9.17) is 17.3 Å². The molecule has 2 nitrogen and oxygen atoms in total. The molecule has 0 amide bonds. The minimum absolute atomic E-state index is 0.0131. The second-order valence-corrected chi connectivity index (χ2v) is 3.50. The van der Waals surface area contributed by atoms with E-state index in [0.29, 0.717) is 13.0 Å². The fraction of sp³-hybridized carbons (Fsp3) is 0.625. The summed E-state index contributed by atoms with van der Waals surface area (Å²) in [7, 11) is 0. The number of rotatable bonds is 4. The van der Waals surface area contributed by atoms with Gasteiger partial charge in [-0.25, -0.2) is 0 Å². The van der Waals surface area contributed by atoms with Gasteiger partial charge in [0.15, 0.2) is 5.78 Å². The molecule has 0 aromatic heterocycles. The Bertz CT molecular complexity index is 163. The maximum Gasteiger partial charge on any atom is 0.150 e. The number of carbonyl (C=O) groups excluding carboxylic acids is 1. The molecule has 0 bridgehead atoms. The van der Waals surface area contributed by atoms with E-state index < -0.39 is 4.87 Å². The van der Waals surface area contributed by atoms with Crippen LogP contribution in [0.2, 0.25) is 0 Å². The molecule has 0 saturated heterocycles. The van der Waals surface area contributed by atoms with E-state index in [1.165, 1.54) is 6.92 Å². The van der Waals surface area contributed by atoms with Crippen molar-refractivity contribution >= 4 is 17.4 Å². The van der Waals surface area contributed by atoms with Gasteiger partial charge < -0.3 is 5.73 Å². The molecule has 0 heterocycles. The highest BCUT2D eigenvalue weighted by molar-refractivity contribution is 6.34. The van der Waals surface area contributed by atoms with Gasteiger partial charge in [0, 0.05) is 6.54 Å². The molecule has 0 fully saturated rings. The number of nitrogens with two attached hydrogens (primary N) is 1. The Morgan fingerprint density at radius 3 is 2.55 bits per heavy atom. The van der Waals surface area contributed by atoms with Crippen LogP contribution in [-0.4, -0.2) is 17.2 Å². The lowest BCUT2D eigenvalue weighted by Crippen LogP contribution is -2.25. The number of Topliss-reactive ketones (excluding diaryl/α,β-unsaturated/α-hetero) is 1. The van der Waals surface area contributed by atoms with Crippen LogP contribution in [0.5, 0.6) is 0 Å². The minimum Gasteiger partial charge on any atom is -0.327 e. The minimum atomic E-state index is -0.758. The first kappa shape index (κ1) is 10.7. The van der Waals surface area contributed by atoms with Crippen LogP contribution in [0.1, 0.15) is 20.3 Å². The summed E-state index contributed by atoms with van der Waals surface area (Å²) in [6, 6.07) is 0. The van der Waals surface area contributed by atoms with Gasteiger partial charge in [-0.05, 0) is 20.3 Å². The van der Waals surface area contributed by atoms with Crippen LogP contribution in [0.15, 0.2) is 12.2 Å². The van der Waals surface area contributed by atoms with Crippen molar-refractivity contribution in [1.82, 2.24) is 0 Å². The van der Waals surface area contributed by atoms with Crippen LogP contribution >= 0.6 is 11.6 Å². The van der Waals surface area contributed by atoms with Crippen molar-refractivity contribution in [3.8, 4) is 0 Å². The van der Waals surface area contributed by atoms with Gasteiger partial charge in [-0.3, -0.25) is 4.79 Å². The monoisotopic (exact) mass is 175 g/mol. The van der Waals surface area contributed by atoms with Crippen molar-refractivity contribution < 1.29 is 4.79 Å². The number of ketones is 1. The molecule has 1 atom stereocenters. The molecule has 64 valence electrons. The Labute approximate surface area is 72.4 Å². The van der Waals surface area contributed by atoms with Gasteiger partial charge in [-0.1, -0.05) is 12.2 Å². The summed E-state index contributed by atoms with van der Waals surface area (Å²) in [6.07, 6.45) is 4.17. The Morgan fingerprint density at radius 1 is 1.64 bits per heavy atom. The molecular weight excluding hydrogens is 162 g/mol. The Balaban J connectivity index is 3.92. The topological polar surface area (TPSA) is 43.1 Å². The summed E-state index contributed by atoms with van der Waals surface area (Å²) in [5, 5.41) is 0. The van der Waals surface area contributed by atoms with Crippen molar-refractivity contribution in [3.05, 3.63) is 12.2 Å². The fourth-order valence-corrected chi connectivity index (χ4v) is 0.634. The molecule has 0 radical (unpaired) electrons. The van der Waals surface area contributed by atoms with E-state index in [9.17, 15) is 4.79 Å². The maximum absolute atomic E-state index is 10.9. The summed E-state index contributed by atoms with van der Waals surface area (Å²) in [6.45, 7) is 3.69. The highest BCUT2D eigenvalue weighted by Gasteiger charge is 2.24. The molecule has 1 unspecified atom stereocenters. The molecule has 0 rings (SSSR count). The van der Waals surface area contributed by atoms with Crippen LogP contribution in [0.25, 0.3) is 0 Å². The summed E-state index contributed by atoms with van der Waals surface area (Å²) in [4.78, 5) is 10.1. The Hall–Kier alpha value is -0.340. The lowest BCUT2D eigenvalue weighted by atomic mass is 10.0. The fourth-order valence-electron chi connectivity index (χ4n) is 0.545. The molecule has 2 N–H and O–H groups in total. The van der Waals surface area contributed by atoms with E-state index in [1.807, 2.05) is 6.08 Å². The molecule has 3 heteroatoms. The van der Waals surface area contributed by atoms with Gasteiger partial charge >= 0.3 is 0 Å². The molecule has 0 saturated carbocycles. The van der Waals surface area contributed by atoms with Gasteiger partial charge in [0.25, 0.3) is 0 Å². The number of halogens is 1. The molecule has 0 aliphatic rings. The van der Waals surface area contributed by atoms with Crippen LogP contribution < -0.4 is 5.73 Å². The Morgan fingerprint density at radius 2 is 2.18 bits per heavy atom. The highest BCUT2D eigenvalue weighted by Crippen LogP contribution is 2.20. The Kier molecular flexibility index (Phi) is 4.38. The highest BCUT2D eigenvalue weighted by atomic mass is 35.5. The quantitative estimate of drug-likeness (QED) is 0.520. The van der Waals surface area contributed by atoms with Crippen LogP contribution in [-0.2, 0) is 4.79 Å². The zero-order valence-corrected chi connectivity index (χ0v) is 7.69. The first-order valence-electron chi connectivity index (χ1n) is 3.55. The first-order chi connectivity index (χ1) is 5.00. The SMILES string of the molecule is CC(=O)C(C)(Cl)C/C=C/CN. The van der Waals surface area contributed by atoms with E-state index in [2.05, 4.69) is 0 Å². The standard InChI is InChI=1S/C8H14ClNO/c1-7(11)8(2,9)5-3-4-6-10/h3-4H,5-6,10H2,1-2H3/b4-3+. The third-order valence-electron chi connectivity index (χ3n) is 1.54. The average Bonchev–Trinajstić information content (AvgIpc) is 1.88. The number of alkyl halides is 1. The van der Waals surface area contributed by atoms with E-state index in [0.717, 1.165) is 0 Å². The van der Waals surface area contributed by atoms with Gasteiger partial charge in [0.2, 0.25) is 0 Å². The van der Waals surface area contributed by atoms with Crippen molar-refractivity contribution in [2.24, 2.45) is 5.73 Å². The molecule has 0 aliphatic heterocycles. The zero-order valence-electron chi connectivity index (χ0n) is 6.93. The molecular formula is C8H14ClNO. The molecule has 11 heavy (non-hydrogen) atoms. The number of hydrogen-bond acceptors (Lipinski definition) is 2. The predicted octanol–water partition coefficient (Wildman–Crippen LogP) is 1.48. The summed E-state index contributed by atoms with van der Waals surface area (Å²) in [5.74, 6) is -0.0131. The summed E-state index contributed by atoms with van der Waals surface area (Å²) < 4.78 is 0. The van der Waals surface area contributed by atoms with Gasteiger partial charge in [-0.15, -0.1) is 11.6 Å². The van der Waals surface area contributed by atoms with Gasteiger partial charge in [0.1, 0.15) is 4.87 Å². The van der Waals surface area contributed by atoms with Crippen molar-refractivity contribution in [2.45, 2.75) is 25.1 Å². The molecule has 0 aromatic rings. The molecule has 0 aliphatic carbocycles. The van der Waals surface area contributed by atoms with Crippen LogP contribution in [0, 0.1) is 0 Å². The maximum atomic E-state index is 10.9. The predicted molar refractivity (Wildman–Crippen MR) is 47.8 cm³/mol. The number of carbonyl (C=O) groups is 1. The van der Waals surface area contributed by atoms with E-state index in [1.54, 1.807) is 13.0 Å². The second-order valence-electron chi connectivity index (χ2n) is 2.66. The van der Waals surface area contributed by atoms with E-state index >= 15 is 0 Å². The molecule has 0 aromatic carbocycles. The lowest BCUT2D eigenvalue weighted by Gasteiger charge is -2.15. The van der Waals surface area contributed by atoms with E-state index in [-0.39, 0.29) is 5.78 Å². The normalized spacial score (nSPS) is 16.7. The van der Waals surface area contributed by atoms with Gasteiger partial charge in [-0.2, -0.15) is 0 Å². The number of allylic oxidation sites excluding steroid dienone is 1. The van der Waals surface area contributed by atoms with Crippen molar-refractivity contribution in [2.75, 3.05) is 6.54 Å². The van der Waals surface area contributed by atoms with Crippen molar-refractivity contribution in [3.63, 3.8) is 0 Å². The summed E-state index contributed by atoms with van der Waals surface area (Å²) in [5.41, 5.74) is 5.22. The van der Waals surface area contributed by atoms with Crippen molar-refractivity contribution in [1.29, 1.82) is 0 Å². The van der Waals surface area contributed by atoms with Crippen LogP contribution in [0.4, 0.5) is 0 Å². The van der Waals surface area contributed by atoms with Gasteiger partial charge in [0.05, 0.1) is 0 Å². The average molecular weight is 176 g/mol. The smallest absolute Gasteiger partial charge is 0.150 e. The largest absolute Gasteiger partial charge is 0.327 e. The zero-order chi connectivity index (χ0) is 8.91. The summed E-state index contributed by atoms with van der Waals surface area (Å²) >= 11 is 5.87. The third kappa shape index (κ3) is 4.17. The number of hydrogen-bond donors (Lipinski definition) is 1. The molecule has 0 spiro atoms. The van der Waals surface area contributed by atoms with Crippen LogP contribution in [0.3, 0.4) is 0 Å². The third-order valence-corrected chi connectivity index (χ3v) is 1.96. The second kappa shape index (κ2) is 4.52. The first-order valence-corrected chi connectivity index (χ1v) is 3.93.